The molecule has 1 aromatic rings. The van der Waals surface area contributed by atoms with Crippen LogP contribution in [0.4, 0.5) is 0 Å². The highest BCUT2D eigenvalue weighted by Gasteiger charge is 2.07. The first-order valence-electron chi connectivity index (χ1n) is 8.59. The van der Waals surface area contributed by atoms with Gasteiger partial charge in [0.25, 0.3) is 0 Å². The molecular formula is C17H29N3O4. The molecule has 136 valence electrons. The fourth-order valence-corrected chi connectivity index (χ4v) is 2.29. The van der Waals surface area contributed by atoms with Crippen LogP contribution in [0.1, 0.15) is 5.56 Å². The van der Waals surface area contributed by atoms with Crippen molar-refractivity contribution in [3.05, 3.63) is 23.8 Å². The molecule has 0 aliphatic carbocycles. The third-order valence-electron chi connectivity index (χ3n) is 3.59. The smallest absolute Gasteiger partial charge is 0.161 e. The van der Waals surface area contributed by atoms with Crippen LogP contribution in [0.15, 0.2) is 18.2 Å². The minimum absolute atomic E-state index is 0.0131. The Morgan fingerprint density at radius 2 is 1.33 bits per heavy atom. The summed E-state index contributed by atoms with van der Waals surface area (Å²) in [7, 11) is 0. The summed E-state index contributed by atoms with van der Waals surface area (Å²) < 4.78 is 17.1. The van der Waals surface area contributed by atoms with Crippen molar-refractivity contribution in [2.24, 2.45) is 0 Å². The Morgan fingerprint density at radius 3 is 2.00 bits per heavy atom. The molecule has 7 nitrogen and oxygen atoms in total. The number of hydrogen-bond donors (Lipinski definition) is 4. The average Bonchev–Trinajstić information content (AvgIpc) is 2.61. The van der Waals surface area contributed by atoms with Crippen LogP contribution < -0.4 is 25.4 Å². The molecule has 0 spiro atoms. The molecule has 1 aliphatic heterocycles. The van der Waals surface area contributed by atoms with Crippen LogP contribution in [0.2, 0.25) is 0 Å². The number of aliphatic hydroxyl groups excluding tert-OH is 1. The molecule has 0 unspecified atom stereocenters. The molecule has 1 aromatic carbocycles. The quantitative estimate of drug-likeness (QED) is 0.561. The minimum atomic E-state index is -0.0131. The van der Waals surface area contributed by atoms with Gasteiger partial charge in [0.2, 0.25) is 0 Å². The lowest BCUT2D eigenvalue weighted by atomic mass is 10.2. The van der Waals surface area contributed by atoms with Crippen LogP contribution in [-0.4, -0.2) is 70.8 Å². The Hall–Kier alpha value is -1.38. The molecule has 4 N–H and O–H groups in total. The van der Waals surface area contributed by atoms with Gasteiger partial charge in [0.15, 0.2) is 11.5 Å². The number of nitrogens with one attached hydrogen (secondary N) is 3. The highest BCUT2D eigenvalue weighted by molar-refractivity contribution is 5.42. The van der Waals surface area contributed by atoms with E-state index < -0.39 is 0 Å². The van der Waals surface area contributed by atoms with Crippen molar-refractivity contribution < 1.29 is 19.3 Å². The van der Waals surface area contributed by atoms with Gasteiger partial charge in [-0.2, -0.15) is 0 Å². The number of fused-ring (bicyclic) bond motifs is 1. The van der Waals surface area contributed by atoms with Crippen molar-refractivity contribution in [3.8, 4) is 11.5 Å². The summed E-state index contributed by atoms with van der Waals surface area (Å²) in [6.07, 6.45) is 0. The van der Waals surface area contributed by atoms with E-state index >= 15 is 0 Å². The summed E-state index contributed by atoms with van der Waals surface area (Å²) in [4.78, 5) is 0. The Morgan fingerprint density at radius 1 is 0.750 bits per heavy atom. The first kappa shape index (κ1) is 19.0. The van der Waals surface area contributed by atoms with Crippen molar-refractivity contribution >= 4 is 0 Å². The van der Waals surface area contributed by atoms with E-state index in [1.165, 1.54) is 0 Å². The Kier molecular flexibility index (Phi) is 9.52. The van der Waals surface area contributed by atoms with Gasteiger partial charge >= 0.3 is 0 Å². The van der Waals surface area contributed by atoms with Crippen molar-refractivity contribution in [2.45, 2.75) is 6.61 Å². The lowest BCUT2D eigenvalue weighted by Crippen LogP contribution is -2.32. The Balaban J connectivity index is 1.88. The Bertz CT molecular complexity index is 459. The van der Waals surface area contributed by atoms with Crippen LogP contribution in [0, 0.1) is 0 Å². The van der Waals surface area contributed by atoms with E-state index in [1.807, 2.05) is 18.2 Å². The van der Waals surface area contributed by atoms with Crippen molar-refractivity contribution in [1.29, 1.82) is 0 Å². The van der Waals surface area contributed by atoms with Crippen LogP contribution in [-0.2, 0) is 11.3 Å². The zero-order valence-corrected chi connectivity index (χ0v) is 14.2. The standard InChI is InChI=1S/C17H29N3O4/c21-14-15-1-2-16-17(13-15)24-12-8-20-6-10-22-9-5-18-3-4-19-7-11-23-16/h1-2,13,18-21H,3-12,14H2. The first-order valence-corrected chi connectivity index (χ1v) is 8.59. The maximum absolute atomic E-state index is 9.29. The van der Waals surface area contributed by atoms with Gasteiger partial charge in [-0.3, -0.25) is 0 Å². The fraction of sp³-hybridized carbons (Fsp3) is 0.647. The van der Waals surface area contributed by atoms with Gasteiger partial charge in [-0.05, 0) is 17.7 Å². The lowest BCUT2D eigenvalue weighted by Gasteiger charge is -2.15. The minimum Gasteiger partial charge on any atom is -0.488 e. The summed E-state index contributed by atoms with van der Waals surface area (Å²) in [6, 6.07) is 5.53. The van der Waals surface area contributed by atoms with Gasteiger partial charge in [0.05, 0.1) is 19.8 Å². The normalized spacial score (nSPS) is 19.2. The van der Waals surface area contributed by atoms with E-state index in [4.69, 9.17) is 14.2 Å². The molecule has 0 aromatic heterocycles. The molecule has 0 amide bonds. The number of aliphatic hydroxyl groups is 1. The predicted molar refractivity (Wildman–Crippen MR) is 92.8 cm³/mol. The fourth-order valence-electron chi connectivity index (χ4n) is 2.29. The number of ether oxygens (including phenoxy) is 3. The molecule has 0 saturated carbocycles. The van der Waals surface area contributed by atoms with Gasteiger partial charge in [0.1, 0.15) is 13.2 Å². The molecular weight excluding hydrogens is 310 g/mol. The predicted octanol–water partition coefficient (Wildman–Crippen LogP) is -0.264. The monoisotopic (exact) mass is 339 g/mol. The SMILES string of the molecule is OCc1ccc2c(c1)OCCNCCOCCNCCNCCO2. The van der Waals surface area contributed by atoms with E-state index in [0.717, 1.165) is 51.4 Å². The number of benzene rings is 1. The van der Waals surface area contributed by atoms with Crippen LogP contribution in [0.5, 0.6) is 11.5 Å². The maximum Gasteiger partial charge on any atom is 0.161 e. The van der Waals surface area contributed by atoms with Crippen molar-refractivity contribution in [2.75, 3.05) is 65.7 Å². The third kappa shape index (κ3) is 7.46. The third-order valence-corrected chi connectivity index (χ3v) is 3.59. The van der Waals surface area contributed by atoms with Crippen LogP contribution >= 0.6 is 0 Å². The van der Waals surface area contributed by atoms with E-state index in [-0.39, 0.29) is 6.61 Å². The van der Waals surface area contributed by atoms with E-state index in [9.17, 15) is 5.11 Å². The van der Waals surface area contributed by atoms with E-state index in [1.54, 1.807) is 0 Å². The van der Waals surface area contributed by atoms with Gasteiger partial charge in [-0.25, -0.2) is 0 Å². The van der Waals surface area contributed by atoms with Gasteiger partial charge < -0.3 is 35.3 Å². The second-order valence-electron chi connectivity index (χ2n) is 5.50. The molecule has 24 heavy (non-hydrogen) atoms. The first-order chi connectivity index (χ1) is 11.9. The zero-order chi connectivity index (χ0) is 16.9. The molecule has 0 radical (unpaired) electrons. The molecule has 2 rings (SSSR count). The highest BCUT2D eigenvalue weighted by atomic mass is 16.5. The van der Waals surface area contributed by atoms with Crippen molar-refractivity contribution in [3.63, 3.8) is 0 Å². The summed E-state index contributed by atoms with van der Waals surface area (Å²) in [6.45, 7) is 7.44. The second-order valence-corrected chi connectivity index (χ2v) is 5.50. The molecule has 0 bridgehead atoms. The van der Waals surface area contributed by atoms with Gasteiger partial charge in [-0.1, -0.05) is 6.07 Å². The molecule has 7 heteroatoms. The molecule has 0 fully saturated rings. The van der Waals surface area contributed by atoms with Crippen molar-refractivity contribution in [1.82, 2.24) is 16.0 Å². The van der Waals surface area contributed by atoms with E-state index in [0.29, 0.717) is 31.3 Å². The zero-order valence-electron chi connectivity index (χ0n) is 14.2. The van der Waals surface area contributed by atoms with Gasteiger partial charge in [0, 0.05) is 39.3 Å². The Labute approximate surface area is 143 Å². The largest absolute Gasteiger partial charge is 0.488 e. The lowest BCUT2D eigenvalue weighted by molar-refractivity contribution is 0.136. The highest BCUT2D eigenvalue weighted by Crippen LogP contribution is 2.28. The molecule has 0 saturated heterocycles. The summed E-state index contributed by atoms with van der Waals surface area (Å²) in [5.74, 6) is 1.37. The topological polar surface area (TPSA) is 84.0 Å². The maximum atomic E-state index is 9.29. The molecule has 1 heterocycles. The summed E-state index contributed by atoms with van der Waals surface area (Å²) >= 11 is 0. The van der Waals surface area contributed by atoms with Crippen LogP contribution in [0.25, 0.3) is 0 Å². The number of hydrogen-bond acceptors (Lipinski definition) is 7. The second kappa shape index (κ2) is 12.0. The summed E-state index contributed by atoms with van der Waals surface area (Å²) in [5.41, 5.74) is 0.810. The molecule has 0 atom stereocenters. The summed E-state index contributed by atoms with van der Waals surface area (Å²) in [5, 5.41) is 19.2. The molecule has 1 aliphatic rings. The van der Waals surface area contributed by atoms with E-state index in [2.05, 4.69) is 16.0 Å². The van der Waals surface area contributed by atoms with Crippen LogP contribution in [0.3, 0.4) is 0 Å². The average molecular weight is 339 g/mol. The van der Waals surface area contributed by atoms with Gasteiger partial charge in [-0.15, -0.1) is 0 Å². The number of rotatable bonds is 1.